The van der Waals surface area contributed by atoms with E-state index in [9.17, 15) is 18.5 Å². The normalized spacial score (nSPS) is 19.9. The summed E-state index contributed by atoms with van der Waals surface area (Å²) in [6.07, 6.45) is 3.01. The van der Waals surface area contributed by atoms with Gasteiger partial charge in [0.2, 0.25) is 0 Å². The number of rotatable bonds is 3. The summed E-state index contributed by atoms with van der Waals surface area (Å²) in [5.41, 5.74) is 0.310. The fourth-order valence-corrected chi connectivity index (χ4v) is 2.89. The second-order valence-electron chi connectivity index (χ2n) is 4.70. The SMILES string of the molecule is C[S@](=O)c1ccc(NC(=O)N2CCC[C@@H]2CO)cc1F. The molecule has 0 unspecified atom stereocenters. The van der Waals surface area contributed by atoms with Crippen LogP contribution in [0.1, 0.15) is 12.8 Å². The maximum atomic E-state index is 13.7. The molecule has 2 amide bonds. The molecule has 1 saturated heterocycles. The zero-order chi connectivity index (χ0) is 14.7. The van der Waals surface area contributed by atoms with Crippen LogP contribution < -0.4 is 5.32 Å². The van der Waals surface area contributed by atoms with E-state index in [-0.39, 0.29) is 23.6 Å². The van der Waals surface area contributed by atoms with E-state index in [1.165, 1.54) is 18.4 Å². The Balaban J connectivity index is 2.08. The number of urea groups is 1. The third-order valence-corrected chi connectivity index (χ3v) is 4.29. The average Bonchev–Trinajstić information content (AvgIpc) is 2.86. The van der Waals surface area contributed by atoms with Crippen molar-refractivity contribution in [2.75, 3.05) is 24.7 Å². The maximum Gasteiger partial charge on any atom is 0.322 e. The Morgan fingerprint density at radius 1 is 1.60 bits per heavy atom. The minimum absolute atomic E-state index is 0.0739. The number of anilines is 1. The lowest BCUT2D eigenvalue weighted by atomic mass is 10.2. The number of nitrogens with one attached hydrogen (secondary N) is 1. The summed E-state index contributed by atoms with van der Waals surface area (Å²) in [5.74, 6) is -0.608. The number of nitrogens with zero attached hydrogens (tertiary/aromatic N) is 1. The first-order valence-electron chi connectivity index (χ1n) is 6.34. The predicted octanol–water partition coefficient (Wildman–Crippen LogP) is 1.55. The molecule has 0 spiro atoms. The molecule has 1 aromatic carbocycles. The number of benzene rings is 1. The molecule has 0 radical (unpaired) electrons. The minimum atomic E-state index is -1.40. The van der Waals surface area contributed by atoms with Crippen LogP contribution in [0.3, 0.4) is 0 Å². The van der Waals surface area contributed by atoms with Gasteiger partial charge in [-0.2, -0.15) is 0 Å². The Hall–Kier alpha value is -1.47. The highest BCUT2D eigenvalue weighted by Gasteiger charge is 2.28. The molecule has 1 heterocycles. The molecule has 0 aliphatic carbocycles. The number of aliphatic hydroxyl groups is 1. The molecule has 110 valence electrons. The van der Waals surface area contributed by atoms with Gasteiger partial charge in [-0.1, -0.05) is 0 Å². The number of hydrogen-bond acceptors (Lipinski definition) is 3. The van der Waals surface area contributed by atoms with Gasteiger partial charge in [0.25, 0.3) is 0 Å². The van der Waals surface area contributed by atoms with Gasteiger partial charge in [0.15, 0.2) is 0 Å². The zero-order valence-corrected chi connectivity index (χ0v) is 12.0. The number of likely N-dealkylation sites (tertiary alicyclic amines) is 1. The summed E-state index contributed by atoms with van der Waals surface area (Å²) in [6.45, 7) is 0.506. The van der Waals surface area contributed by atoms with Crippen LogP contribution in [-0.4, -0.2) is 45.7 Å². The molecule has 1 aliphatic rings. The number of carbonyl (C=O) groups excluding carboxylic acids is 1. The second-order valence-corrected chi connectivity index (χ2v) is 6.05. The van der Waals surface area contributed by atoms with Crippen molar-refractivity contribution in [3.8, 4) is 0 Å². The van der Waals surface area contributed by atoms with Crippen LogP contribution in [0.25, 0.3) is 0 Å². The largest absolute Gasteiger partial charge is 0.394 e. The Morgan fingerprint density at radius 2 is 2.35 bits per heavy atom. The number of amides is 2. The van der Waals surface area contributed by atoms with Gasteiger partial charge in [0.1, 0.15) is 5.82 Å². The van der Waals surface area contributed by atoms with Crippen molar-refractivity contribution in [1.82, 2.24) is 4.90 Å². The quantitative estimate of drug-likeness (QED) is 0.890. The monoisotopic (exact) mass is 300 g/mol. The van der Waals surface area contributed by atoms with E-state index >= 15 is 0 Å². The Bertz CT molecular complexity index is 538. The first-order chi connectivity index (χ1) is 9.52. The van der Waals surface area contributed by atoms with Gasteiger partial charge < -0.3 is 15.3 Å². The second kappa shape index (κ2) is 6.32. The molecule has 7 heteroatoms. The maximum absolute atomic E-state index is 13.7. The average molecular weight is 300 g/mol. The molecular formula is C13H17FN2O3S. The Labute approximate surface area is 119 Å². The van der Waals surface area contributed by atoms with E-state index < -0.39 is 16.6 Å². The van der Waals surface area contributed by atoms with Crippen molar-refractivity contribution in [2.45, 2.75) is 23.8 Å². The highest BCUT2D eigenvalue weighted by Crippen LogP contribution is 2.20. The lowest BCUT2D eigenvalue weighted by molar-refractivity contribution is 0.166. The number of halogens is 1. The number of aliphatic hydroxyl groups excluding tert-OH is 1. The molecule has 1 aliphatic heterocycles. The van der Waals surface area contributed by atoms with Crippen LogP contribution in [0.2, 0.25) is 0 Å². The molecule has 1 aromatic rings. The van der Waals surface area contributed by atoms with Crippen LogP contribution in [0.5, 0.6) is 0 Å². The first-order valence-corrected chi connectivity index (χ1v) is 7.90. The van der Waals surface area contributed by atoms with Crippen molar-refractivity contribution >= 4 is 22.5 Å². The molecule has 0 saturated carbocycles. The fourth-order valence-electron chi connectivity index (χ4n) is 2.30. The summed E-state index contributed by atoms with van der Waals surface area (Å²) >= 11 is 0. The van der Waals surface area contributed by atoms with Crippen LogP contribution in [0.15, 0.2) is 23.1 Å². The van der Waals surface area contributed by atoms with Gasteiger partial charge in [0.05, 0.1) is 28.3 Å². The molecule has 0 bridgehead atoms. The van der Waals surface area contributed by atoms with E-state index in [2.05, 4.69) is 5.32 Å². The summed E-state index contributed by atoms with van der Waals surface area (Å²) in [4.78, 5) is 13.7. The predicted molar refractivity (Wildman–Crippen MR) is 74.6 cm³/mol. The molecule has 0 aromatic heterocycles. The Morgan fingerprint density at radius 3 is 2.95 bits per heavy atom. The topological polar surface area (TPSA) is 69.6 Å². The standard InChI is InChI=1S/C13H17FN2O3S/c1-20(19)12-5-4-9(7-11(12)14)15-13(18)16-6-2-3-10(16)8-17/h4-5,7,10,17H,2-3,6,8H2,1H3,(H,15,18)/t10-,20+/m1/s1. The van der Waals surface area contributed by atoms with Crippen LogP contribution in [0.4, 0.5) is 14.9 Å². The van der Waals surface area contributed by atoms with Gasteiger partial charge >= 0.3 is 6.03 Å². The van der Waals surface area contributed by atoms with Gasteiger partial charge in [-0.15, -0.1) is 0 Å². The number of carbonyl (C=O) groups is 1. The molecule has 1 fully saturated rings. The van der Waals surface area contributed by atoms with E-state index in [0.717, 1.165) is 18.9 Å². The summed E-state index contributed by atoms with van der Waals surface area (Å²) in [5, 5.41) is 11.8. The minimum Gasteiger partial charge on any atom is -0.394 e. The molecular weight excluding hydrogens is 283 g/mol. The van der Waals surface area contributed by atoms with E-state index in [1.54, 1.807) is 4.90 Å². The van der Waals surface area contributed by atoms with E-state index in [4.69, 9.17) is 0 Å². The van der Waals surface area contributed by atoms with Crippen LogP contribution >= 0.6 is 0 Å². The molecule has 2 N–H and O–H groups in total. The van der Waals surface area contributed by atoms with Gasteiger partial charge in [-0.3, -0.25) is 4.21 Å². The van der Waals surface area contributed by atoms with E-state index in [0.29, 0.717) is 12.2 Å². The third-order valence-electron chi connectivity index (χ3n) is 3.34. The fraction of sp³-hybridized carbons (Fsp3) is 0.462. The lowest BCUT2D eigenvalue weighted by Crippen LogP contribution is -2.40. The van der Waals surface area contributed by atoms with Gasteiger partial charge in [-0.25, -0.2) is 9.18 Å². The van der Waals surface area contributed by atoms with Crippen molar-refractivity contribution in [3.05, 3.63) is 24.0 Å². The molecule has 2 atom stereocenters. The van der Waals surface area contributed by atoms with Crippen LogP contribution in [-0.2, 0) is 10.8 Å². The smallest absolute Gasteiger partial charge is 0.322 e. The highest BCUT2D eigenvalue weighted by molar-refractivity contribution is 7.84. The summed E-state index contributed by atoms with van der Waals surface area (Å²) in [7, 11) is -1.40. The van der Waals surface area contributed by atoms with Gasteiger partial charge in [0, 0.05) is 18.5 Å². The Kier molecular flexibility index (Phi) is 4.72. The third kappa shape index (κ3) is 3.16. The molecule has 20 heavy (non-hydrogen) atoms. The summed E-state index contributed by atoms with van der Waals surface area (Å²) < 4.78 is 24.9. The van der Waals surface area contributed by atoms with Crippen LogP contribution in [0, 0.1) is 5.82 Å². The lowest BCUT2D eigenvalue weighted by Gasteiger charge is -2.23. The highest BCUT2D eigenvalue weighted by atomic mass is 32.2. The number of hydrogen-bond donors (Lipinski definition) is 2. The molecule has 2 rings (SSSR count). The summed E-state index contributed by atoms with van der Waals surface area (Å²) in [6, 6.07) is 3.53. The van der Waals surface area contributed by atoms with Crippen molar-refractivity contribution < 1.29 is 18.5 Å². The molecule has 5 nitrogen and oxygen atoms in total. The van der Waals surface area contributed by atoms with Crippen molar-refractivity contribution in [3.63, 3.8) is 0 Å². The zero-order valence-electron chi connectivity index (χ0n) is 11.1. The van der Waals surface area contributed by atoms with Crippen molar-refractivity contribution in [1.29, 1.82) is 0 Å². The first kappa shape index (κ1) is 14.9. The van der Waals surface area contributed by atoms with Crippen molar-refractivity contribution in [2.24, 2.45) is 0 Å². The van der Waals surface area contributed by atoms with Gasteiger partial charge in [-0.05, 0) is 31.0 Å². The van der Waals surface area contributed by atoms with E-state index in [1.807, 2.05) is 0 Å².